The molecule has 2 N–H and O–H groups in total. The first kappa shape index (κ1) is 21.1. The number of rotatable bonds is 7. The molecule has 1 unspecified atom stereocenters. The Morgan fingerprint density at radius 2 is 1.86 bits per heavy atom. The van der Waals surface area contributed by atoms with Crippen molar-refractivity contribution in [2.75, 3.05) is 5.32 Å². The van der Waals surface area contributed by atoms with Gasteiger partial charge in [0.25, 0.3) is 5.91 Å². The largest absolute Gasteiger partial charge is 0.340 e. The lowest BCUT2D eigenvalue weighted by molar-refractivity contribution is -0.118. The fraction of sp³-hybridized carbons (Fsp3) is 0.217. The van der Waals surface area contributed by atoms with Crippen LogP contribution < -0.4 is 10.6 Å². The normalized spacial score (nSPS) is 12.2. The van der Waals surface area contributed by atoms with E-state index in [-0.39, 0.29) is 5.91 Å². The van der Waals surface area contributed by atoms with Crippen molar-refractivity contribution < 1.29 is 14.0 Å². The first-order valence-corrected chi connectivity index (χ1v) is 9.03. The zero-order valence-corrected chi connectivity index (χ0v) is 16.4. The van der Waals surface area contributed by atoms with Gasteiger partial charge in [-0.05, 0) is 56.5 Å². The molecular formula is C23H25FN2O2. The van der Waals surface area contributed by atoms with Crippen LogP contribution in [0.15, 0.2) is 66.8 Å². The van der Waals surface area contributed by atoms with Crippen molar-refractivity contribution in [1.82, 2.24) is 5.32 Å². The average molecular weight is 380 g/mol. The van der Waals surface area contributed by atoms with E-state index in [0.29, 0.717) is 17.7 Å². The Hall–Kier alpha value is -3.21. The van der Waals surface area contributed by atoms with Crippen molar-refractivity contribution >= 4 is 17.5 Å². The quantitative estimate of drug-likeness (QED) is 0.684. The zero-order valence-electron chi connectivity index (χ0n) is 16.4. The minimum Gasteiger partial charge on any atom is -0.340 e. The molecule has 5 heteroatoms. The number of hydrogen-bond acceptors (Lipinski definition) is 2. The number of benzene rings is 2. The highest BCUT2D eigenvalue weighted by Gasteiger charge is 2.23. The third kappa shape index (κ3) is 5.64. The van der Waals surface area contributed by atoms with Gasteiger partial charge in [0.1, 0.15) is 11.9 Å². The number of aryl methyl sites for hydroxylation is 2. The minimum absolute atomic E-state index is 0.309. The van der Waals surface area contributed by atoms with E-state index in [1.165, 1.54) is 12.1 Å². The van der Waals surface area contributed by atoms with Gasteiger partial charge >= 0.3 is 0 Å². The predicted molar refractivity (Wildman–Crippen MR) is 111 cm³/mol. The first-order chi connectivity index (χ1) is 13.3. The maximum absolute atomic E-state index is 13.5. The lowest BCUT2D eigenvalue weighted by Crippen LogP contribution is -2.44. The van der Waals surface area contributed by atoms with Gasteiger partial charge < -0.3 is 10.6 Å². The molecule has 0 spiro atoms. The predicted octanol–water partition coefficient (Wildman–Crippen LogP) is 4.70. The van der Waals surface area contributed by atoms with Crippen molar-refractivity contribution in [3.63, 3.8) is 0 Å². The van der Waals surface area contributed by atoms with Crippen LogP contribution in [0, 0.1) is 19.7 Å². The summed E-state index contributed by atoms with van der Waals surface area (Å²) in [5, 5.41) is 5.52. The van der Waals surface area contributed by atoms with Crippen molar-refractivity contribution in [2.45, 2.75) is 33.2 Å². The molecule has 1 atom stereocenters. The van der Waals surface area contributed by atoms with Gasteiger partial charge in [-0.25, -0.2) is 4.39 Å². The number of allylic oxidation sites excluding steroid dienone is 2. The van der Waals surface area contributed by atoms with Crippen molar-refractivity contribution in [3.05, 3.63) is 89.3 Å². The maximum atomic E-state index is 13.5. The van der Waals surface area contributed by atoms with Crippen LogP contribution in [0.1, 0.15) is 34.8 Å². The Labute approximate surface area is 165 Å². The number of anilines is 1. The van der Waals surface area contributed by atoms with E-state index in [1.807, 2.05) is 26.0 Å². The fourth-order valence-electron chi connectivity index (χ4n) is 2.81. The summed E-state index contributed by atoms with van der Waals surface area (Å²) in [7, 11) is 0. The van der Waals surface area contributed by atoms with Gasteiger partial charge in [-0.2, -0.15) is 0 Å². The van der Waals surface area contributed by atoms with Crippen LogP contribution in [0.25, 0.3) is 0 Å². The molecule has 2 amide bonds. The summed E-state index contributed by atoms with van der Waals surface area (Å²) >= 11 is 0. The molecule has 0 aliphatic rings. The maximum Gasteiger partial charge on any atom is 0.252 e. The summed E-state index contributed by atoms with van der Waals surface area (Å²) in [6.07, 6.45) is 3.72. The topological polar surface area (TPSA) is 58.2 Å². The van der Waals surface area contributed by atoms with Gasteiger partial charge in [0.2, 0.25) is 5.91 Å². The van der Waals surface area contributed by atoms with Crippen molar-refractivity contribution in [1.29, 1.82) is 0 Å². The summed E-state index contributed by atoms with van der Waals surface area (Å²) in [6.45, 7) is 9.13. The molecule has 4 nitrogen and oxygen atoms in total. The molecule has 0 aromatic heterocycles. The number of halogens is 1. The number of nitrogens with one attached hydrogen (secondary N) is 2. The van der Waals surface area contributed by atoms with Crippen LogP contribution in [-0.4, -0.2) is 17.9 Å². The molecule has 28 heavy (non-hydrogen) atoms. The van der Waals surface area contributed by atoms with E-state index in [0.717, 1.165) is 16.7 Å². The van der Waals surface area contributed by atoms with E-state index in [1.54, 1.807) is 37.3 Å². The van der Waals surface area contributed by atoms with E-state index >= 15 is 0 Å². The van der Waals surface area contributed by atoms with Crippen LogP contribution in [0.3, 0.4) is 0 Å². The Kier molecular flexibility index (Phi) is 7.27. The summed E-state index contributed by atoms with van der Waals surface area (Å²) in [5.74, 6) is -1.18. The summed E-state index contributed by atoms with van der Waals surface area (Å²) < 4.78 is 13.5. The van der Waals surface area contributed by atoms with Crippen molar-refractivity contribution in [3.8, 4) is 0 Å². The van der Waals surface area contributed by atoms with E-state index in [2.05, 4.69) is 17.2 Å². The molecule has 0 aliphatic heterocycles. The van der Waals surface area contributed by atoms with E-state index < -0.39 is 17.8 Å². The lowest BCUT2D eigenvalue weighted by atomic mass is 10.0. The molecule has 0 fully saturated rings. The Balaban J connectivity index is 2.25. The van der Waals surface area contributed by atoms with Gasteiger partial charge in [0.05, 0.1) is 0 Å². The highest BCUT2D eigenvalue weighted by atomic mass is 19.1. The summed E-state index contributed by atoms with van der Waals surface area (Å²) in [6, 6.07) is 10.5. The Morgan fingerprint density at radius 1 is 1.14 bits per heavy atom. The standard InChI is InChI=1S/C23H25FN2O2/c1-5-8-15(2)13-21(26-22(27)19-10-7-6-9-16(19)3)23(28)25-20-14-18(24)12-11-17(20)4/h5-12,14,21H,1,13H2,2-4H3,(H,25,28)(H,26,27)/b15-8+. The molecule has 2 aromatic rings. The molecular weight excluding hydrogens is 355 g/mol. The fourth-order valence-corrected chi connectivity index (χ4v) is 2.81. The minimum atomic E-state index is -0.814. The van der Waals surface area contributed by atoms with Gasteiger partial charge in [-0.1, -0.05) is 48.6 Å². The van der Waals surface area contributed by atoms with Crippen LogP contribution in [0.2, 0.25) is 0 Å². The molecule has 0 saturated carbocycles. The molecule has 2 rings (SSSR count). The summed E-state index contributed by atoms with van der Waals surface area (Å²) in [5.41, 5.74) is 3.32. The second kappa shape index (κ2) is 9.65. The molecule has 0 radical (unpaired) electrons. The monoisotopic (exact) mass is 380 g/mol. The third-order valence-electron chi connectivity index (χ3n) is 4.40. The lowest BCUT2D eigenvalue weighted by Gasteiger charge is -2.20. The number of carbonyl (C=O) groups is 2. The van der Waals surface area contributed by atoms with E-state index in [9.17, 15) is 14.0 Å². The second-order valence-electron chi connectivity index (χ2n) is 6.74. The second-order valence-corrected chi connectivity index (χ2v) is 6.74. The highest BCUT2D eigenvalue weighted by Crippen LogP contribution is 2.18. The molecule has 0 heterocycles. The third-order valence-corrected chi connectivity index (χ3v) is 4.40. The van der Waals surface area contributed by atoms with Gasteiger partial charge in [-0.3, -0.25) is 9.59 Å². The van der Waals surface area contributed by atoms with Crippen LogP contribution in [0.5, 0.6) is 0 Å². The van der Waals surface area contributed by atoms with Crippen LogP contribution >= 0.6 is 0 Å². The van der Waals surface area contributed by atoms with Crippen molar-refractivity contribution in [2.24, 2.45) is 0 Å². The average Bonchev–Trinajstić information content (AvgIpc) is 2.64. The number of hydrogen-bond donors (Lipinski definition) is 2. The zero-order chi connectivity index (χ0) is 20.7. The highest BCUT2D eigenvalue weighted by molar-refractivity contribution is 6.02. The SMILES string of the molecule is C=C/C=C(\C)CC(NC(=O)c1ccccc1C)C(=O)Nc1cc(F)ccc1C. The van der Waals surface area contributed by atoms with Crippen LogP contribution in [-0.2, 0) is 4.79 Å². The number of carbonyl (C=O) groups excluding carboxylic acids is 2. The van der Waals surface area contributed by atoms with Gasteiger partial charge in [-0.15, -0.1) is 0 Å². The molecule has 0 saturated heterocycles. The van der Waals surface area contributed by atoms with Gasteiger partial charge in [0, 0.05) is 11.3 Å². The molecule has 0 aliphatic carbocycles. The molecule has 146 valence electrons. The smallest absolute Gasteiger partial charge is 0.252 e. The Bertz CT molecular complexity index is 919. The van der Waals surface area contributed by atoms with Crippen LogP contribution in [0.4, 0.5) is 10.1 Å². The van der Waals surface area contributed by atoms with Gasteiger partial charge in [0.15, 0.2) is 0 Å². The Morgan fingerprint density at radius 3 is 2.54 bits per heavy atom. The number of amides is 2. The summed E-state index contributed by atoms with van der Waals surface area (Å²) in [4.78, 5) is 25.6. The molecule has 0 bridgehead atoms. The molecule has 2 aromatic carbocycles. The van der Waals surface area contributed by atoms with E-state index in [4.69, 9.17) is 0 Å². The first-order valence-electron chi connectivity index (χ1n) is 9.03.